The molecule has 0 spiro atoms. The summed E-state index contributed by atoms with van der Waals surface area (Å²) in [6.45, 7) is 0. The highest BCUT2D eigenvalue weighted by molar-refractivity contribution is 9.10. The Morgan fingerprint density at radius 2 is 1.52 bits per heavy atom. The fraction of sp³-hybridized carbons (Fsp3) is 0.125. The lowest BCUT2D eigenvalue weighted by Gasteiger charge is -2.21. The van der Waals surface area contributed by atoms with Crippen LogP contribution >= 0.6 is 15.9 Å². The zero-order chi connectivity index (χ0) is 15.1. The van der Waals surface area contributed by atoms with E-state index in [1.165, 1.54) is 14.2 Å². The molecule has 0 aliphatic heterocycles. The van der Waals surface area contributed by atoms with Crippen LogP contribution in [0, 0.1) is 0 Å². The number of fused-ring (bicyclic) bond motifs is 2. The van der Waals surface area contributed by atoms with Gasteiger partial charge in [-0.05, 0) is 34.1 Å². The van der Waals surface area contributed by atoms with Crippen molar-refractivity contribution in [1.82, 2.24) is 0 Å². The van der Waals surface area contributed by atoms with Gasteiger partial charge in [-0.2, -0.15) is 0 Å². The maximum Gasteiger partial charge on any atom is 0.198 e. The molecular weight excluding hydrogens is 336 g/mol. The molecule has 0 unspecified atom stereocenters. The van der Waals surface area contributed by atoms with E-state index in [-0.39, 0.29) is 17.1 Å². The van der Waals surface area contributed by atoms with Crippen LogP contribution in [0.1, 0.15) is 31.8 Å². The molecule has 5 heteroatoms. The van der Waals surface area contributed by atoms with Crippen LogP contribution in [-0.2, 0) is 0 Å². The number of carbonyl (C=O) groups is 2. The molecule has 0 aromatic heterocycles. The minimum atomic E-state index is -0.239. The molecule has 0 amide bonds. The SMILES string of the molecule is COc1cccc2c1C(=O)c1ccc(Br)c(OC)c1C2=O. The zero-order valence-electron chi connectivity index (χ0n) is 11.4. The molecule has 0 saturated heterocycles. The molecule has 3 rings (SSSR count). The predicted molar refractivity (Wildman–Crippen MR) is 80.6 cm³/mol. The van der Waals surface area contributed by atoms with E-state index in [0.29, 0.717) is 32.7 Å². The van der Waals surface area contributed by atoms with E-state index < -0.39 is 0 Å². The molecule has 2 aromatic carbocycles. The Balaban J connectivity index is 2.36. The summed E-state index contributed by atoms with van der Waals surface area (Å²) >= 11 is 3.34. The fourth-order valence-corrected chi connectivity index (χ4v) is 3.06. The smallest absolute Gasteiger partial charge is 0.198 e. The quantitative estimate of drug-likeness (QED) is 0.714. The Morgan fingerprint density at radius 3 is 2.19 bits per heavy atom. The van der Waals surface area contributed by atoms with E-state index in [1.807, 2.05) is 0 Å². The third-order valence-electron chi connectivity index (χ3n) is 3.50. The van der Waals surface area contributed by atoms with Gasteiger partial charge in [-0.3, -0.25) is 9.59 Å². The summed E-state index contributed by atoms with van der Waals surface area (Å²) in [7, 11) is 2.95. The largest absolute Gasteiger partial charge is 0.496 e. The van der Waals surface area contributed by atoms with Crippen LogP contribution in [0.5, 0.6) is 11.5 Å². The first kappa shape index (κ1) is 13.8. The van der Waals surface area contributed by atoms with E-state index in [9.17, 15) is 9.59 Å². The number of ketones is 2. The average molecular weight is 347 g/mol. The van der Waals surface area contributed by atoms with E-state index in [2.05, 4.69) is 15.9 Å². The van der Waals surface area contributed by atoms with Gasteiger partial charge in [-0.1, -0.05) is 12.1 Å². The molecule has 2 aromatic rings. The molecule has 0 fully saturated rings. The zero-order valence-corrected chi connectivity index (χ0v) is 13.0. The molecule has 1 aliphatic rings. The molecule has 0 heterocycles. The van der Waals surface area contributed by atoms with Gasteiger partial charge in [-0.25, -0.2) is 0 Å². The lowest BCUT2D eigenvalue weighted by Crippen LogP contribution is -2.22. The highest BCUT2D eigenvalue weighted by atomic mass is 79.9. The Labute approximate surface area is 129 Å². The number of rotatable bonds is 2. The van der Waals surface area contributed by atoms with Crippen molar-refractivity contribution in [1.29, 1.82) is 0 Å². The van der Waals surface area contributed by atoms with Gasteiger partial charge in [0.2, 0.25) is 0 Å². The predicted octanol–water partition coefficient (Wildman–Crippen LogP) is 3.24. The number of halogens is 1. The monoisotopic (exact) mass is 346 g/mol. The van der Waals surface area contributed by atoms with E-state index in [4.69, 9.17) is 9.47 Å². The first-order valence-electron chi connectivity index (χ1n) is 6.23. The van der Waals surface area contributed by atoms with Crippen LogP contribution in [0.2, 0.25) is 0 Å². The summed E-state index contributed by atoms with van der Waals surface area (Å²) in [6, 6.07) is 8.31. The Hall–Kier alpha value is -2.14. The lowest BCUT2D eigenvalue weighted by molar-refractivity contribution is 0.0974. The second kappa shape index (κ2) is 5.00. The number of ether oxygens (including phenoxy) is 2. The number of carbonyl (C=O) groups excluding carboxylic acids is 2. The third kappa shape index (κ3) is 1.88. The molecule has 0 atom stereocenters. The van der Waals surface area contributed by atoms with Crippen LogP contribution in [-0.4, -0.2) is 25.8 Å². The molecule has 0 N–H and O–H groups in total. The lowest BCUT2D eigenvalue weighted by atomic mass is 9.83. The van der Waals surface area contributed by atoms with Crippen molar-refractivity contribution >= 4 is 27.5 Å². The van der Waals surface area contributed by atoms with Crippen molar-refractivity contribution in [2.75, 3.05) is 14.2 Å². The van der Waals surface area contributed by atoms with Gasteiger partial charge in [0.1, 0.15) is 11.5 Å². The average Bonchev–Trinajstić information content (AvgIpc) is 2.51. The van der Waals surface area contributed by atoms with Gasteiger partial charge in [0.15, 0.2) is 11.6 Å². The van der Waals surface area contributed by atoms with E-state index in [0.717, 1.165) is 0 Å². The number of methoxy groups -OCH3 is 2. The maximum atomic E-state index is 12.7. The van der Waals surface area contributed by atoms with Gasteiger partial charge in [-0.15, -0.1) is 0 Å². The topological polar surface area (TPSA) is 52.6 Å². The number of hydrogen-bond acceptors (Lipinski definition) is 4. The minimum Gasteiger partial charge on any atom is -0.496 e. The fourth-order valence-electron chi connectivity index (χ4n) is 2.57. The van der Waals surface area contributed by atoms with Crippen LogP contribution in [0.3, 0.4) is 0 Å². The van der Waals surface area contributed by atoms with Gasteiger partial charge in [0.05, 0.1) is 29.8 Å². The number of benzene rings is 2. The molecule has 0 bridgehead atoms. The first-order chi connectivity index (χ1) is 10.1. The first-order valence-corrected chi connectivity index (χ1v) is 7.02. The normalized spacial score (nSPS) is 12.7. The van der Waals surface area contributed by atoms with Gasteiger partial charge in [0.25, 0.3) is 0 Å². The number of hydrogen-bond donors (Lipinski definition) is 0. The molecule has 106 valence electrons. The summed E-state index contributed by atoms with van der Waals surface area (Å²) in [6.07, 6.45) is 0. The highest BCUT2D eigenvalue weighted by Crippen LogP contribution is 2.40. The minimum absolute atomic E-state index is 0.233. The summed E-state index contributed by atoms with van der Waals surface area (Å²) in [5.74, 6) is 0.303. The summed E-state index contributed by atoms with van der Waals surface area (Å²) in [5.41, 5.74) is 1.26. The van der Waals surface area contributed by atoms with Crippen molar-refractivity contribution in [2.24, 2.45) is 0 Å². The van der Waals surface area contributed by atoms with Crippen LogP contribution in [0.15, 0.2) is 34.8 Å². The van der Waals surface area contributed by atoms with Crippen molar-refractivity contribution in [3.63, 3.8) is 0 Å². The molecule has 1 aliphatic carbocycles. The molecule has 0 radical (unpaired) electrons. The molecule has 0 saturated carbocycles. The van der Waals surface area contributed by atoms with Gasteiger partial charge in [0, 0.05) is 11.1 Å². The Morgan fingerprint density at radius 1 is 0.857 bits per heavy atom. The van der Waals surface area contributed by atoms with Crippen molar-refractivity contribution in [3.8, 4) is 11.5 Å². The second-order valence-corrected chi connectivity index (χ2v) is 5.40. The summed E-state index contributed by atoms with van der Waals surface area (Å²) in [5, 5.41) is 0. The summed E-state index contributed by atoms with van der Waals surface area (Å²) < 4.78 is 11.1. The van der Waals surface area contributed by atoms with E-state index >= 15 is 0 Å². The maximum absolute atomic E-state index is 12.7. The Bertz CT molecular complexity index is 780. The van der Waals surface area contributed by atoms with Crippen LogP contribution < -0.4 is 9.47 Å². The van der Waals surface area contributed by atoms with Crippen LogP contribution in [0.4, 0.5) is 0 Å². The van der Waals surface area contributed by atoms with Crippen LogP contribution in [0.25, 0.3) is 0 Å². The second-order valence-electron chi connectivity index (χ2n) is 4.54. The third-order valence-corrected chi connectivity index (χ3v) is 4.13. The van der Waals surface area contributed by atoms with Crippen molar-refractivity contribution < 1.29 is 19.1 Å². The molecule has 21 heavy (non-hydrogen) atoms. The van der Waals surface area contributed by atoms with Crippen molar-refractivity contribution in [2.45, 2.75) is 0 Å². The van der Waals surface area contributed by atoms with E-state index in [1.54, 1.807) is 30.3 Å². The van der Waals surface area contributed by atoms with Gasteiger partial charge >= 0.3 is 0 Å². The Kier molecular flexibility index (Phi) is 3.29. The van der Waals surface area contributed by atoms with Gasteiger partial charge < -0.3 is 9.47 Å². The van der Waals surface area contributed by atoms with Crippen molar-refractivity contribution in [3.05, 3.63) is 57.1 Å². The highest BCUT2D eigenvalue weighted by Gasteiger charge is 2.35. The standard InChI is InChI=1S/C16H11BrO4/c1-20-11-5-3-4-8-12(11)14(18)9-6-7-10(17)16(21-2)13(9)15(8)19/h3-7H,1-2H3. The molecular formula is C16H11BrO4. The summed E-state index contributed by atoms with van der Waals surface area (Å²) in [4.78, 5) is 25.5. The molecule has 4 nitrogen and oxygen atoms in total.